The lowest BCUT2D eigenvalue weighted by Crippen LogP contribution is -2.14. The molecule has 70 valence electrons. The first-order chi connectivity index (χ1) is 6.60. The fraction of sp³-hybridized carbons (Fsp3) is 0.100. The third-order valence-corrected chi connectivity index (χ3v) is 1.90. The van der Waals surface area contributed by atoms with E-state index in [2.05, 4.69) is 0 Å². The van der Waals surface area contributed by atoms with Crippen LogP contribution in [0.5, 0.6) is 0 Å². The van der Waals surface area contributed by atoms with Crippen molar-refractivity contribution in [3.63, 3.8) is 0 Å². The number of nitriles is 1. The second kappa shape index (κ2) is 3.71. The fourth-order valence-electron chi connectivity index (χ4n) is 1.22. The number of aldehydes is 1. The number of aryl methyl sites for hydroxylation is 1. The zero-order chi connectivity index (χ0) is 10.7. The predicted octanol–water partition coefficient (Wildman–Crippen LogP) is 0.778. The minimum absolute atomic E-state index is 0.0940. The van der Waals surface area contributed by atoms with Gasteiger partial charge in [-0.1, -0.05) is 0 Å². The molecule has 0 atom stereocenters. The van der Waals surface area contributed by atoms with Gasteiger partial charge in [-0.15, -0.1) is 0 Å². The van der Waals surface area contributed by atoms with E-state index in [0.29, 0.717) is 17.4 Å². The Morgan fingerprint density at radius 2 is 2.21 bits per heavy atom. The van der Waals surface area contributed by atoms with Gasteiger partial charge in [-0.3, -0.25) is 9.59 Å². The molecule has 0 saturated heterocycles. The summed E-state index contributed by atoms with van der Waals surface area (Å²) in [5.41, 5.74) is 6.31. The van der Waals surface area contributed by atoms with E-state index >= 15 is 0 Å². The van der Waals surface area contributed by atoms with E-state index in [1.54, 1.807) is 6.92 Å². The maximum atomic E-state index is 11.0. The third-order valence-electron chi connectivity index (χ3n) is 1.90. The largest absolute Gasteiger partial charge is 0.366 e. The molecular formula is C10H8N2O2. The van der Waals surface area contributed by atoms with E-state index in [4.69, 9.17) is 11.0 Å². The second-order valence-electron chi connectivity index (χ2n) is 2.85. The fourth-order valence-corrected chi connectivity index (χ4v) is 1.22. The topological polar surface area (TPSA) is 83.9 Å². The molecule has 0 fully saturated rings. The first kappa shape index (κ1) is 9.93. The Kier molecular flexibility index (Phi) is 2.63. The molecule has 1 rings (SSSR count). The summed E-state index contributed by atoms with van der Waals surface area (Å²) < 4.78 is 0. The molecule has 0 aliphatic rings. The molecule has 0 heterocycles. The Labute approximate surface area is 80.9 Å². The molecule has 0 aliphatic carbocycles. The molecular weight excluding hydrogens is 180 g/mol. The van der Waals surface area contributed by atoms with E-state index in [1.807, 2.05) is 6.07 Å². The van der Waals surface area contributed by atoms with E-state index in [-0.39, 0.29) is 11.1 Å². The minimum Gasteiger partial charge on any atom is -0.366 e. The van der Waals surface area contributed by atoms with Crippen LogP contribution in [0.25, 0.3) is 0 Å². The van der Waals surface area contributed by atoms with Crippen LogP contribution in [-0.2, 0) is 0 Å². The van der Waals surface area contributed by atoms with Crippen molar-refractivity contribution in [2.75, 3.05) is 0 Å². The van der Waals surface area contributed by atoms with Crippen molar-refractivity contribution in [3.8, 4) is 6.07 Å². The van der Waals surface area contributed by atoms with Crippen molar-refractivity contribution in [1.29, 1.82) is 5.26 Å². The van der Waals surface area contributed by atoms with Gasteiger partial charge in [-0.2, -0.15) is 5.26 Å². The van der Waals surface area contributed by atoms with Crippen molar-refractivity contribution in [2.45, 2.75) is 6.92 Å². The molecule has 2 N–H and O–H groups in total. The molecule has 0 spiro atoms. The SMILES string of the molecule is Cc1cc(C#N)cc(C(N)=O)c1C=O. The van der Waals surface area contributed by atoms with Gasteiger partial charge >= 0.3 is 0 Å². The maximum Gasteiger partial charge on any atom is 0.249 e. The summed E-state index contributed by atoms with van der Waals surface area (Å²) in [5, 5.41) is 8.64. The van der Waals surface area contributed by atoms with Gasteiger partial charge in [0.15, 0.2) is 6.29 Å². The Balaban J connectivity index is 3.53. The van der Waals surface area contributed by atoms with Gasteiger partial charge < -0.3 is 5.73 Å². The normalized spacial score (nSPS) is 9.14. The number of primary amides is 1. The Bertz CT molecular complexity index is 444. The van der Waals surface area contributed by atoms with Gasteiger partial charge in [-0.05, 0) is 24.6 Å². The molecule has 1 amide bonds. The molecule has 0 aliphatic heterocycles. The van der Waals surface area contributed by atoms with Crippen molar-refractivity contribution in [2.24, 2.45) is 5.73 Å². The van der Waals surface area contributed by atoms with Crippen LogP contribution >= 0.6 is 0 Å². The molecule has 1 aromatic rings. The lowest BCUT2D eigenvalue weighted by molar-refractivity contribution is 0.0993. The van der Waals surface area contributed by atoms with Crippen molar-refractivity contribution in [1.82, 2.24) is 0 Å². The van der Waals surface area contributed by atoms with E-state index in [1.165, 1.54) is 12.1 Å². The summed E-state index contributed by atoms with van der Waals surface area (Å²) in [6, 6.07) is 4.75. The zero-order valence-corrected chi connectivity index (χ0v) is 7.57. The van der Waals surface area contributed by atoms with Crippen LogP contribution in [-0.4, -0.2) is 12.2 Å². The molecule has 4 nitrogen and oxygen atoms in total. The smallest absolute Gasteiger partial charge is 0.249 e. The van der Waals surface area contributed by atoms with Crippen LogP contribution in [0.4, 0.5) is 0 Å². The van der Waals surface area contributed by atoms with Crippen LogP contribution < -0.4 is 5.73 Å². The van der Waals surface area contributed by atoms with Crippen LogP contribution in [0.2, 0.25) is 0 Å². The van der Waals surface area contributed by atoms with E-state index in [0.717, 1.165) is 0 Å². The lowest BCUT2D eigenvalue weighted by atomic mass is 9.99. The average Bonchev–Trinajstić information content (AvgIpc) is 2.16. The highest BCUT2D eigenvalue weighted by Crippen LogP contribution is 2.14. The van der Waals surface area contributed by atoms with Crippen molar-refractivity contribution >= 4 is 12.2 Å². The number of rotatable bonds is 2. The number of hydrogen-bond donors (Lipinski definition) is 1. The van der Waals surface area contributed by atoms with Crippen LogP contribution in [0.1, 0.15) is 31.8 Å². The molecule has 0 unspecified atom stereocenters. The predicted molar refractivity (Wildman–Crippen MR) is 49.8 cm³/mol. The molecule has 0 bridgehead atoms. The Hall–Kier alpha value is -2.15. The summed E-state index contributed by atoms with van der Waals surface area (Å²) in [6.45, 7) is 1.65. The summed E-state index contributed by atoms with van der Waals surface area (Å²) in [4.78, 5) is 21.6. The minimum atomic E-state index is -0.702. The van der Waals surface area contributed by atoms with Gasteiger partial charge in [0, 0.05) is 5.56 Å². The zero-order valence-electron chi connectivity index (χ0n) is 7.57. The highest BCUT2D eigenvalue weighted by molar-refractivity contribution is 6.01. The Morgan fingerprint density at radius 3 is 2.64 bits per heavy atom. The molecule has 4 heteroatoms. The average molecular weight is 188 g/mol. The van der Waals surface area contributed by atoms with Crippen molar-refractivity contribution in [3.05, 3.63) is 34.4 Å². The number of hydrogen-bond acceptors (Lipinski definition) is 3. The third kappa shape index (κ3) is 1.62. The summed E-state index contributed by atoms with van der Waals surface area (Å²) in [5.74, 6) is -0.702. The monoisotopic (exact) mass is 188 g/mol. The van der Waals surface area contributed by atoms with Gasteiger partial charge in [-0.25, -0.2) is 0 Å². The Morgan fingerprint density at radius 1 is 1.57 bits per heavy atom. The highest BCUT2D eigenvalue weighted by atomic mass is 16.1. The summed E-state index contributed by atoms with van der Waals surface area (Å²) in [7, 11) is 0. The molecule has 0 radical (unpaired) electrons. The molecule has 14 heavy (non-hydrogen) atoms. The number of benzene rings is 1. The number of amides is 1. The molecule has 0 saturated carbocycles. The quantitative estimate of drug-likeness (QED) is 0.696. The van der Waals surface area contributed by atoms with E-state index < -0.39 is 5.91 Å². The number of nitrogens with two attached hydrogens (primary N) is 1. The second-order valence-corrected chi connectivity index (χ2v) is 2.85. The first-order valence-corrected chi connectivity index (χ1v) is 3.90. The summed E-state index contributed by atoms with van der Waals surface area (Å²) in [6.07, 6.45) is 0.566. The lowest BCUT2D eigenvalue weighted by Gasteiger charge is -2.04. The first-order valence-electron chi connectivity index (χ1n) is 3.90. The van der Waals surface area contributed by atoms with Gasteiger partial charge in [0.05, 0.1) is 17.2 Å². The van der Waals surface area contributed by atoms with Gasteiger partial charge in [0.2, 0.25) is 5.91 Å². The van der Waals surface area contributed by atoms with Crippen LogP contribution in [0.15, 0.2) is 12.1 Å². The van der Waals surface area contributed by atoms with E-state index in [9.17, 15) is 9.59 Å². The standard InChI is InChI=1S/C10H8N2O2/c1-6-2-7(4-11)3-8(10(12)14)9(6)5-13/h2-3,5H,1H3,(H2,12,14). The highest BCUT2D eigenvalue weighted by Gasteiger charge is 2.11. The number of carbonyl (C=O) groups excluding carboxylic acids is 2. The molecule has 1 aromatic carbocycles. The van der Waals surface area contributed by atoms with Crippen molar-refractivity contribution < 1.29 is 9.59 Å². The molecule has 0 aromatic heterocycles. The van der Waals surface area contributed by atoms with Crippen LogP contribution in [0, 0.1) is 18.3 Å². The van der Waals surface area contributed by atoms with Gasteiger partial charge in [0.1, 0.15) is 0 Å². The maximum absolute atomic E-state index is 11.0. The number of nitrogens with zero attached hydrogens (tertiary/aromatic N) is 1. The summed E-state index contributed by atoms with van der Waals surface area (Å²) >= 11 is 0. The van der Waals surface area contributed by atoms with Crippen LogP contribution in [0.3, 0.4) is 0 Å². The van der Waals surface area contributed by atoms with Gasteiger partial charge in [0.25, 0.3) is 0 Å². The number of carbonyl (C=O) groups is 2.